The van der Waals surface area contributed by atoms with Crippen LogP contribution in [-0.4, -0.2) is 11.6 Å². The molecule has 0 N–H and O–H groups in total. The topological polar surface area (TPSA) is 22.1 Å². The number of rotatable bonds is 2. The van der Waals surface area contributed by atoms with Gasteiger partial charge in [-0.2, -0.15) is 0 Å². The van der Waals surface area contributed by atoms with Crippen molar-refractivity contribution in [3.63, 3.8) is 0 Å². The highest BCUT2D eigenvalue weighted by molar-refractivity contribution is 5.43. The van der Waals surface area contributed by atoms with Gasteiger partial charge in [-0.25, -0.2) is 0 Å². The Bertz CT molecular complexity index is 358. The second kappa shape index (κ2) is 3.84. The number of ether oxygens (including phenoxy) is 1. The van der Waals surface area contributed by atoms with Gasteiger partial charge in [0.2, 0.25) is 0 Å². The van der Waals surface area contributed by atoms with E-state index in [1.807, 2.05) is 12.3 Å². The number of aromatic nitrogens is 1. The molecule has 1 aliphatic rings. The number of fused-ring (bicyclic) bond motifs is 1. The van der Waals surface area contributed by atoms with E-state index < -0.39 is 0 Å². The molecule has 2 nitrogen and oxygen atoms in total. The first kappa shape index (κ1) is 10.5. The van der Waals surface area contributed by atoms with E-state index in [0.717, 1.165) is 12.4 Å². The second-order valence-corrected chi connectivity index (χ2v) is 4.92. The molecule has 0 bridgehead atoms. The number of nitrogens with zero attached hydrogens (tertiary/aromatic N) is 1. The smallest absolute Gasteiger partial charge is 0.126 e. The van der Waals surface area contributed by atoms with Gasteiger partial charge in [0.25, 0.3) is 0 Å². The largest absolute Gasteiger partial charge is 0.493 e. The summed E-state index contributed by atoms with van der Waals surface area (Å²) in [7, 11) is 0. The molecule has 1 aromatic rings. The minimum atomic E-state index is 0.475. The SMILES string of the molecule is CC(C)c1nccc2c1C(C(C)C)CO2. The lowest BCUT2D eigenvalue weighted by atomic mass is 9.87. The van der Waals surface area contributed by atoms with Gasteiger partial charge in [-0.1, -0.05) is 27.7 Å². The van der Waals surface area contributed by atoms with Gasteiger partial charge in [0, 0.05) is 17.7 Å². The van der Waals surface area contributed by atoms with Gasteiger partial charge in [0.05, 0.1) is 12.3 Å². The zero-order valence-electron chi connectivity index (χ0n) is 9.95. The van der Waals surface area contributed by atoms with Crippen LogP contribution in [-0.2, 0) is 0 Å². The lowest BCUT2D eigenvalue weighted by molar-refractivity contribution is 0.303. The first-order valence-corrected chi connectivity index (χ1v) is 5.72. The monoisotopic (exact) mass is 205 g/mol. The summed E-state index contributed by atoms with van der Waals surface area (Å²) in [5.41, 5.74) is 2.56. The number of hydrogen-bond donors (Lipinski definition) is 0. The van der Waals surface area contributed by atoms with Crippen molar-refractivity contribution in [3.8, 4) is 5.75 Å². The summed E-state index contributed by atoms with van der Waals surface area (Å²) in [6, 6.07) is 1.99. The van der Waals surface area contributed by atoms with Crippen LogP contribution in [0.3, 0.4) is 0 Å². The molecule has 1 unspecified atom stereocenters. The van der Waals surface area contributed by atoms with Crippen molar-refractivity contribution in [2.24, 2.45) is 5.92 Å². The van der Waals surface area contributed by atoms with E-state index in [0.29, 0.717) is 17.8 Å². The maximum Gasteiger partial charge on any atom is 0.126 e. The Kier molecular flexibility index (Phi) is 2.68. The van der Waals surface area contributed by atoms with E-state index in [2.05, 4.69) is 32.7 Å². The van der Waals surface area contributed by atoms with E-state index in [1.165, 1.54) is 11.3 Å². The van der Waals surface area contributed by atoms with Gasteiger partial charge < -0.3 is 4.74 Å². The third-order valence-electron chi connectivity index (χ3n) is 3.12. The molecule has 1 atom stereocenters. The van der Waals surface area contributed by atoms with Crippen LogP contribution in [0.15, 0.2) is 12.3 Å². The minimum absolute atomic E-state index is 0.475. The molecule has 2 heterocycles. The fraction of sp³-hybridized carbons (Fsp3) is 0.615. The molecular formula is C13H19NO. The minimum Gasteiger partial charge on any atom is -0.493 e. The summed E-state index contributed by atoms with van der Waals surface area (Å²) in [5, 5.41) is 0. The molecule has 0 radical (unpaired) electrons. The number of pyridine rings is 1. The van der Waals surface area contributed by atoms with Gasteiger partial charge in [-0.3, -0.25) is 4.98 Å². The summed E-state index contributed by atoms with van der Waals surface area (Å²) in [6.07, 6.45) is 1.86. The summed E-state index contributed by atoms with van der Waals surface area (Å²) in [4.78, 5) is 4.50. The van der Waals surface area contributed by atoms with Gasteiger partial charge in [0.1, 0.15) is 5.75 Å². The van der Waals surface area contributed by atoms with Crippen LogP contribution in [0.5, 0.6) is 5.75 Å². The van der Waals surface area contributed by atoms with Crippen LogP contribution in [0.4, 0.5) is 0 Å². The van der Waals surface area contributed by atoms with Crippen molar-refractivity contribution >= 4 is 0 Å². The van der Waals surface area contributed by atoms with Crippen molar-refractivity contribution in [1.82, 2.24) is 4.98 Å². The maximum absolute atomic E-state index is 5.72. The van der Waals surface area contributed by atoms with Crippen molar-refractivity contribution in [2.45, 2.75) is 39.5 Å². The molecule has 0 aromatic carbocycles. The molecule has 2 heteroatoms. The first-order chi connectivity index (χ1) is 7.11. The van der Waals surface area contributed by atoms with Crippen LogP contribution in [0.2, 0.25) is 0 Å². The standard InChI is InChI=1S/C13H19NO/c1-8(2)10-7-15-11-5-6-14-13(9(3)4)12(10)11/h5-6,8-10H,7H2,1-4H3. The predicted molar refractivity (Wildman–Crippen MR) is 61.4 cm³/mol. The highest BCUT2D eigenvalue weighted by Crippen LogP contribution is 2.41. The van der Waals surface area contributed by atoms with Crippen molar-refractivity contribution in [3.05, 3.63) is 23.5 Å². The van der Waals surface area contributed by atoms with Crippen LogP contribution in [0.1, 0.15) is 50.8 Å². The van der Waals surface area contributed by atoms with Gasteiger partial charge in [0.15, 0.2) is 0 Å². The van der Waals surface area contributed by atoms with E-state index in [9.17, 15) is 0 Å². The summed E-state index contributed by atoms with van der Waals surface area (Å²) in [6.45, 7) is 9.70. The molecule has 82 valence electrons. The van der Waals surface area contributed by atoms with Crippen molar-refractivity contribution in [1.29, 1.82) is 0 Å². The third kappa shape index (κ3) is 1.73. The van der Waals surface area contributed by atoms with E-state index >= 15 is 0 Å². The molecule has 15 heavy (non-hydrogen) atoms. The normalized spacial score (nSPS) is 19.5. The number of hydrogen-bond acceptors (Lipinski definition) is 2. The zero-order chi connectivity index (χ0) is 11.0. The summed E-state index contributed by atoms with van der Waals surface area (Å²) >= 11 is 0. The highest BCUT2D eigenvalue weighted by Gasteiger charge is 2.30. The molecule has 0 spiro atoms. The van der Waals surface area contributed by atoms with Crippen LogP contribution >= 0.6 is 0 Å². The molecule has 0 amide bonds. The van der Waals surface area contributed by atoms with E-state index in [1.54, 1.807) is 0 Å². The fourth-order valence-electron chi connectivity index (χ4n) is 2.22. The Morgan fingerprint density at radius 3 is 2.67 bits per heavy atom. The third-order valence-corrected chi connectivity index (χ3v) is 3.12. The Morgan fingerprint density at radius 1 is 1.33 bits per heavy atom. The predicted octanol–water partition coefficient (Wildman–Crippen LogP) is 3.34. The van der Waals surface area contributed by atoms with E-state index in [4.69, 9.17) is 4.74 Å². The molecule has 0 aliphatic carbocycles. The molecule has 1 aliphatic heterocycles. The summed E-state index contributed by atoms with van der Waals surface area (Å²) in [5.74, 6) is 2.66. The van der Waals surface area contributed by atoms with Gasteiger partial charge >= 0.3 is 0 Å². The Labute approximate surface area is 91.7 Å². The summed E-state index contributed by atoms with van der Waals surface area (Å²) < 4.78 is 5.72. The Balaban J connectivity index is 2.48. The molecule has 1 aromatic heterocycles. The molecule has 2 rings (SSSR count). The van der Waals surface area contributed by atoms with Crippen molar-refractivity contribution in [2.75, 3.05) is 6.61 Å². The van der Waals surface area contributed by atoms with Crippen molar-refractivity contribution < 1.29 is 4.74 Å². The highest BCUT2D eigenvalue weighted by atomic mass is 16.5. The Morgan fingerprint density at radius 2 is 2.07 bits per heavy atom. The maximum atomic E-state index is 5.72. The average molecular weight is 205 g/mol. The second-order valence-electron chi connectivity index (χ2n) is 4.92. The quantitative estimate of drug-likeness (QED) is 0.738. The van der Waals surface area contributed by atoms with Crippen LogP contribution < -0.4 is 4.74 Å². The molecule has 0 saturated carbocycles. The molecule has 0 saturated heterocycles. The molecular weight excluding hydrogens is 186 g/mol. The van der Waals surface area contributed by atoms with Crippen LogP contribution in [0.25, 0.3) is 0 Å². The zero-order valence-corrected chi connectivity index (χ0v) is 9.95. The lowest BCUT2D eigenvalue weighted by Gasteiger charge is -2.17. The van der Waals surface area contributed by atoms with Crippen LogP contribution in [0, 0.1) is 5.92 Å². The average Bonchev–Trinajstić information content (AvgIpc) is 2.60. The van der Waals surface area contributed by atoms with Gasteiger partial charge in [-0.15, -0.1) is 0 Å². The van der Waals surface area contributed by atoms with E-state index in [-0.39, 0.29) is 0 Å². The molecule has 0 fully saturated rings. The lowest BCUT2D eigenvalue weighted by Crippen LogP contribution is -2.10. The first-order valence-electron chi connectivity index (χ1n) is 5.72. The fourth-order valence-corrected chi connectivity index (χ4v) is 2.22. The van der Waals surface area contributed by atoms with Gasteiger partial charge in [-0.05, 0) is 17.9 Å². The Hall–Kier alpha value is -1.05.